The zero-order chi connectivity index (χ0) is 15.2. The van der Waals surface area contributed by atoms with Crippen LogP contribution in [0.5, 0.6) is 0 Å². The maximum Gasteiger partial charge on any atom is 0.191 e. The van der Waals surface area contributed by atoms with E-state index >= 15 is 0 Å². The van der Waals surface area contributed by atoms with Crippen LogP contribution in [0.15, 0.2) is 35.3 Å². The molecule has 4 nitrogen and oxygen atoms in total. The van der Waals surface area contributed by atoms with Gasteiger partial charge in [-0.25, -0.2) is 0 Å². The summed E-state index contributed by atoms with van der Waals surface area (Å²) in [5.41, 5.74) is 1.28. The Hall–Kier alpha value is -0.820. The summed E-state index contributed by atoms with van der Waals surface area (Å²) in [5, 5.41) is 6.83. The molecule has 23 heavy (non-hydrogen) atoms. The molecule has 1 aromatic rings. The first kappa shape index (κ1) is 18.5. The molecule has 5 heteroatoms. The summed E-state index contributed by atoms with van der Waals surface area (Å²) >= 11 is 0. The van der Waals surface area contributed by atoms with Crippen LogP contribution < -0.4 is 10.6 Å². The van der Waals surface area contributed by atoms with Crippen molar-refractivity contribution in [2.45, 2.75) is 44.8 Å². The highest BCUT2D eigenvalue weighted by Gasteiger charge is 2.27. The summed E-state index contributed by atoms with van der Waals surface area (Å²) in [4.78, 5) is 4.81. The van der Waals surface area contributed by atoms with Gasteiger partial charge in [0.15, 0.2) is 5.96 Å². The predicted molar refractivity (Wildman–Crippen MR) is 105 cm³/mol. The summed E-state index contributed by atoms with van der Waals surface area (Å²) in [6.45, 7) is 4.70. The van der Waals surface area contributed by atoms with Crippen molar-refractivity contribution >= 4 is 29.9 Å². The van der Waals surface area contributed by atoms with E-state index in [1.165, 1.54) is 24.8 Å². The average Bonchev–Trinajstić information content (AvgIpc) is 3.38. The van der Waals surface area contributed by atoms with E-state index in [0.29, 0.717) is 12.0 Å². The number of halogens is 1. The third-order valence-electron chi connectivity index (χ3n) is 4.32. The van der Waals surface area contributed by atoms with E-state index in [9.17, 15) is 0 Å². The van der Waals surface area contributed by atoms with Gasteiger partial charge in [-0.15, -0.1) is 24.0 Å². The number of nitrogens with zero attached hydrogens (tertiary/aromatic N) is 1. The molecule has 2 atom stereocenters. The zero-order valence-corrected chi connectivity index (χ0v) is 16.2. The van der Waals surface area contributed by atoms with Gasteiger partial charge in [-0.2, -0.15) is 0 Å². The van der Waals surface area contributed by atoms with Gasteiger partial charge < -0.3 is 15.4 Å². The Morgan fingerprint density at radius 3 is 2.70 bits per heavy atom. The number of hydrogen-bond acceptors (Lipinski definition) is 2. The van der Waals surface area contributed by atoms with E-state index in [4.69, 9.17) is 9.73 Å². The largest absolute Gasteiger partial charge is 0.373 e. The van der Waals surface area contributed by atoms with E-state index < -0.39 is 0 Å². The van der Waals surface area contributed by atoms with Gasteiger partial charge in [-0.3, -0.25) is 4.99 Å². The molecule has 1 aliphatic heterocycles. The predicted octanol–water partition coefficient (Wildman–Crippen LogP) is 3.49. The molecule has 0 amide bonds. The number of benzene rings is 1. The molecule has 2 unspecified atom stereocenters. The molecule has 3 rings (SSSR count). The van der Waals surface area contributed by atoms with Crippen molar-refractivity contribution in [3.8, 4) is 0 Å². The molecule has 1 heterocycles. The monoisotopic (exact) mass is 429 g/mol. The van der Waals surface area contributed by atoms with Gasteiger partial charge in [-0.1, -0.05) is 30.3 Å². The molecule has 128 valence electrons. The van der Waals surface area contributed by atoms with Gasteiger partial charge in [-0.05, 0) is 38.2 Å². The Bertz CT molecular complexity index is 490. The normalized spacial score (nSPS) is 24.7. The molecule has 1 aromatic carbocycles. The molecule has 1 aliphatic carbocycles. The second kappa shape index (κ2) is 9.47. The molecule has 0 radical (unpaired) electrons. The number of guanidine groups is 1. The second-order valence-corrected chi connectivity index (χ2v) is 6.24. The quantitative estimate of drug-likeness (QED) is 0.428. The van der Waals surface area contributed by atoms with Crippen LogP contribution in [0.2, 0.25) is 0 Å². The zero-order valence-electron chi connectivity index (χ0n) is 13.8. The van der Waals surface area contributed by atoms with Crippen molar-refractivity contribution < 1.29 is 4.74 Å². The van der Waals surface area contributed by atoms with E-state index in [-0.39, 0.29) is 30.1 Å². The topological polar surface area (TPSA) is 45.7 Å². The lowest BCUT2D eigenvalue weighted by Gasteiger charge is -2.31. The Morgan fingerprint density at radius 2 is 2.00 bits per heavy atom. The highest BCUT2D eigenvalue weighted by Crippen LogP contribution is 2.33. The molecule has 1 saturated carbocycles. The number of hydrogen-bond donors (Lipinski definition) is 2. The lowest BCUT2D eigenvalue weighted by atomic mass is 9.89. The number of rotatable bonds is 5. The highest BCUT2D eigenvalue weighted by atomic mass is 127. The molecule has 2 fully saturated rings. The Kier molecular flexibility index (Phi) is 7.62. The van der Waals surface area contributed by atoms with E-state index in [0.717, 1.165) is 32.1 Å². The van der Waals surface area contributed by atoms with Crippen LogP contribution in [-0.2, 0) is 4.74 Å². The minimum atomic E-state index is 0. The van der Waals surface area contributed by atoms with Crippen LogP contribution in [-0.4, -0.2) is 31.7 Å². The molecule has 0 spiro atoms. The number of aliphatic imine (C=N–C) groups is 1. The van der Waals surface area contributed by atoms with Gasteiger partial charge in [0.25, 0.3) is 0 Å². The summed E-state index contributed by atoms with van der Waals surface area (Å²) in [7, 11) is 0. The van der Waals surface area contributed by atoms with Gasteiger partial charge in [0.1, 0.15) is 0 Å². The van der Waals surface area contributed by atoms with Crippen LogP contribution >= 0.6 is 24.0 Å². The first-order chi connectivity index (χ1) is 10.9. The molecule has 0 aromatic heterocycles. The van der Waals surface area contributed by atoms with Crippen LogP contribution in [0.3, 0.4) is 0 Å². The van der Waals surface area contributed by atoms with Crippen molar-refractivity contribution in [1.82, 2.24) is 10.6 Å². The van der Waals surface area contributed by atoms with Gasteiger partial charge in [0.2, 0.25) is 0 Å². The SMILES string of the molecule is CCNC(=NCC1CCCOC1c1ccccc1)NC1CC1.I. The summed E-state index contributed by atoms with van der Waals surface area (Å²) in [5.74, 6) is 1.42. The van der Waals surface area contributed by atoms with Gasteiger partial charge in [0.05, 0.1) is 6.10 Å². The van der Waals surface area contributed by atoms with Crippen LogP contribution in [0, 0.1) is 5.92 Å². The minimum Gasteiger partial charge on any atom is -0.373 e. The third kappa shape index (κ3) is 5.64. The first-order valence-corrected chi connectivity index (χ1v) is 8.58. The van der Waals surface area contributed by atoms with Gasteiger partial charge >= 0.3 is 0 Å². The molecular formula is C18H28IN3O. The Balaban J connectivity index is 0.00000192. The average molecular weight is 429 g/mol. The molecule has 2 N–H and O–H groups in total. The van der Waals surface area contributed by atoms with E-state index in [1.54, 1.807) is 0 Å². The van der Waals surface area contributed by atoms with Crippen molar-refractivity contribution in [2.75, 3.05) is 19.7 Å². The van der Waals surface area contributed by atoms with E-state index in [2.05, 4.69) is 47.9 Å². The van der Waals surface area contributed by atoms with Crippen molar-refractivity contribution in [2.24, 2.45) is 10.9 Å². The maximum absolute atomic E-state index is 6.05. The highest BCUT2D eigenvalue weighted by molar-refractivity contribution is 14.0. The molecular weight excluding hydrogens is 401 g/mol. The third-order valence-corrected chi connectivity index (χ3v) is 4.32. The standard InChI is InChI=1S/C18H27N3O.HI/c1-2-19-18(21-16-10-11-16)20-13-15-9-6-12-22-17(15)14-7-4-3-5-8-14;/h3-5,7-8,15-17H,2,6,9-13H2,1H3,(H2,19,20,21);1H. The fraction of sp³-hybridized carbons (Fsp3) is 0.611. The van der Waals surface area contributed by atoms with Crippen molar-refractivity contribution in [1.29, 1.82) is 0 Å². The lowest BCUT2D eigenvalue weighted by molar-refractivity contribution is -0.0250. The number of nitrogens with one attached hydrogen (secondary N) is 2. The minimum absolute atomic E-state index is 0. The summed E-state index contributed by atoms with van der Waals surface area (Å²) in [6.07, 6.45) is 5.04. The smallest absolute Gasteiger partial charge is 0.191 e. The lowest BCUT2D eigenvalue weighted by Crippen LogP contribution is -2.39. The summed E-state index contributed by atoms with van der Waals surface area (Å²) < 4.78 is 6.05. The first-order valence-electron chi connectivity index (χ1n) is 8.58. The van der Waals surface area contributed by atoms with Crippen LogP contribution in [0.1, 0.15) is 44.3 Å². The van der Waals surface area contributed by atoms with Crippen LogP contribution in [0.4, 0.5) is 0 Å². The molecule has 0 bridgehead atoms. The van der Waals surface area contributed by atoms with Crippen molar-refractivity contribution in [3.05, 3.63) is 35.9 Å². The molecule has 1 saturated heterocycles. The van der Waals surface area contributed by atoms with Crippen molar-refractivity contribution in [3.63, 3.8) is 0 Å². The fourth-order valence-electron chi connectivity index (χ4n) is 2.99. The Morgan fingerprint density at radius 1 is 1.22 bits per heavy atom. The van der Waals surface area contributed by atoms with Gasteiger partial charge in [0, 0.05) is 31.7 Å². The molecule has 2 aliphatic rings. The van der Waals surface area contributed by atoms with E-state index in [1.807, 2.05) is 0 Å². The Labute approximate surface area is 156 Å². The maximum atomic E-state index is 6.05. The fourth-order valence-corrected chi connectivity index (χ4v) is 2.99. The summed E-state index contributed by atoms with van der Waals surface area (Å²) in [6, 6.07) is 11.2. The second-order valence-electron chi connectivity index (χ2n) is 6.24. The van der Waals surface area contributed by atoms with Crippen LogP contribution in [0.25, 0.3) is 0 Å². The number of ether oxygens (including phenoxy) is 1.